The van der Waals surface area contributed by atoms with Crippen molar-refractivity contribution in [2.24, 2.45) is 0 Å². The second-order valence-electron chi connectivity index (χ2n) is 4.33. The Morgan fingerprint density at radius 2 is 2.05 bits per heavy atom. The largest absolute Gasteiger partial charge is 0.506 e. The lowest BCUT2D eigenvalue weighted by atomic mass is 10.1. The van der Waals surface area contributed by atoms with E-state index < -0.39 is 12.3 Å². The first-order valence-electron chi connectivity index (χ1n) is 6.27. The first-order valence-corrected chi connectivity index (χ1v) is 6.27. The maximum atomic E-state index is 10.8. The van der Waals surface area contributed by atoms with Crippen molar-refractivity contribution in [3.05, 3.63) is 59.8 Å². The molecule has 0 saturated carbocycles. The Morgan fingerprint density at radius 1 is 1.30 bits per heavy atom. The number of ether oxygens (including phenoxy) is 1. The zero-order chi connectivity index (χ0) is 14.4. The predicted octanol–water partition coefficient (Wildman–Crippen LogP) is 3.24. The van der Waals surface area contributed by atoms with Crippen molar-refractivity contribution in [2.75, 3.05) is 11.9 Å². The molecule has 0 spiro atoms. The molecule has 5 nitrogen and oxygen atoms in total. The summed E-state index contributed by atoms with van der Waals surface area (Å²) in [5, 5.41) is 11.9. The number of hydrogen-bond acceptors (Lipinski definition) is 4. The number of nitrogens with zero attached hydrogens (tertiary/aromatic N) is 1. The van der Waals surface area contributed by atoms with Crippen LogP contribution in [0.25, 0.3) is 0 Å². The van der Waals surface area contributed by atoms with Crippen molar-refractivity contribution >= 4 is 12.0 Å². The Hall–Kier alpha value is -2.56. The minimum Gasteiger partial charge on any atom is -0.450 e. The molecule has 0 radical (unpaired) electrons. The fourth-order valence-corrected chi connectivity index (χ4v) is 1.88. The molecule has 2 aromatic rings. The Bertz CT molecular complexity index is 572. The highest BCUT2D eigenvalue weighted by atomic mass is 16.7. The van der Waals surface area contributed by atoms with Crippen molar-refractivity contribution in [2.45, 2.75) is 13.0 Å². The molecule has 0 bridgehead atoms. The number of pyridine rings is 1. The maximum Gasteiger partial charge on any atom is 0.506 e. The van der Waals surface area contributed by atoms with Crippen LogP contribution in [0.2, 0.25) is 0 Å². The predicted molar refractivity (Wildman–Crippen MR) is 75.8 cm³/mol. The second kappa shape index (κ2) is 6.56. The van der Waals surface area contributed by atoms with E-state index in [4.69, 9.17) is 9.84 Å². The topological polar surface area (TPSA) is 71.5 Å². The van der Waals surface area contributed by atoms with Gasteiger partial charge < -0.3 is 15.2 Å². The molecule has 104 valence electrons. The quantitative estimate of drug-likeness (QED) is 0.817. The monoisotopic (exact) mass is 272 g/mol. The summed E-state index contributed by atoms with van der Waals surface area (Å²) in [6.45, 7) is 2.26. The lowest BCUT2D eigenvalue weighted by molar-refractivity contribution is 0.0562. The summed E-state index contributed by atoms with van der Waals surface area (Å²) in [4.78, 5) is 15.0. The molecule has 1 aromatic carbocycles. The number of hydrogen-bond donors (Lipinski definition) is 2. The van der Waals surface area contributed by atoms with E-state index in [1.807, 2.05) is 49.4 Å². The van der Waals surface area contributed by atoms with Crippen molar-refractivity contribution in [1.29, 1.82) is 0 Å². The smallest absolute Gasteiger partial charge is 0.450 e. The summed E-state index contributed by atoms with van der Waals surface area (Å²) in [6.07, 6.45) is -0.182. The normalized spacial score (nSPS) is 11.7. The third-order valence-corrected chi connectivity index (χ3v) is 2.88. The van der Waals surface area contributed by atoms with Crippen LogP contribution < -0.4 is 5.32 Å². The highest BCUT2D eigenvalue weighted by Crippen LogP contribution is 2.19. The molecule has 2 rings (SSSR count). The lowest BCUT2D eigenvalue weighted by Gasteiger charge is -2.18. The average Bonchev–Trinajstić information content (AvgIpc) is 2.45. The number of nitrogens with one attached hydrogen (secondary N) is 1. The minimum atomic E-state index is -1.29. The van der Waals surface area contributed by atoms with Crippen LogP contribution in [-0.4, -0.2) is 22.8 Å². The Kier molecular flexibility index (Phi) is 4.55. The van der Waals surface area contributed by atoms with Crippen molar-refractivity contribution in [3.63, 3.8) is 0 Å². The highest BCUT2D eigenvalue weighted by molar-refractivity contribution is 5.57. The van der Waals surface area contributed by atoms with Gasteiger partial charge in [0.1, 0.15) is 11.9 Å². The summed E-state index contributed by atoms with van der Waals surface area (Å²) >= 11 is 0. The van der Waals surface area contributed by atoms with Gasteiger partial charge in [0.05, 0.1) is 6.54 Å². The SMILES string of the molecule is Cc1cccnc1NCC(OC(=O)O)c1ccccc1. The molecule has 0 aliphatic heterocycles. The van der Waals surface area contributed by atoms with Crippen LogP contribution in [0.5, 0.6) is 0 Å². The molecule has 0 fully saturated rings. The molecule has 0 saturated heterocycles. The number of aromatic nitrogens is 1. The van der Waals surface area contributed by atoms with Gasteiger partial charge >= 0.3 is 6.16 Å². The number of benzene rings is 1. The Labute approximate surface area is 117 Å². The average molecular weight is 272 g/mol. The van der Waals surface area contributed by atoms with Gasteiger partial charge in [0.15, 0.2) is 0 Å². The third kappa shape index (κ3) is 3.71. The standard InChI is InChI=1S/C15H16N2O3/c1-11-6-5-9-16-14(11)17-10-13(20-15(18)19)12-7-3-2-4-8-12/h2-9,13H,10H2,1H3,(H,16,17)(H,18,19). The van der Waals surface area contributed by atoms with Gasteiger partial charge in [0.25, 0.3) is 0 Å². The fraction of sp³-hybridized carbons (Fsp3) is 0.200. The van der Waals surface area contributed by atoms with E-state index in [1.165, 1.54) is 0 Å². The van der Waals surface area contributed by atoms with Gasteiger partial charge in [-0.2, -0.15) is 0 Å². The van der Waals surface area contributed by atoms with Gasteiger partial charge in [0.2, 0.25) is 0 Å². The van der Waals surface area contributed by atoms with E-state index in [0.717, 1.165) is 16.9 Å². The van der Waals surface area contributed by atoms with Gasteiger partial charge in [-0.25, -0.2) is 9.78 Å². The summed E-state index contributed by atoms with van der Waals surface area (Å²) < 4.78 is 4.92. The van der Waals surface area contributed by atoms with Crippen LogP contribution in [0, 0.1) is 6.92 Å². The summed E-state index contributed by atoms with van der Waals surface area (Å²) in [5.74, 6) is 0.724. The van der Waals surface area contributed by atoms with Crippen LogP contribution in [0.15, 0.2) is 48.7 Å². The van der Waals surface area contributed by atoms with Gasteiger partial charge in [-0.15, -0.1) is 0 Å². The Balaban J connectivity index is 2.09. The van der Waals surface area contributed by atoms with Crippen molar-refractivity contribution in [1.82, 2.24) is 4.98 Å². The van der Waals surface area contributed by atoms with E-state index in [1.54, 1.807) is 6.20 Å². The van der Waals surface area contributed by atoms with E-state index in [-0.39, 0.29) is 0 Å². The van der Waals surface area contributed by atoms with E-state index in [2.05, 4.69) is 10.3 Å². The molecular formula is C15H16N2O3. The van der Waals surface area contributed by atoms with Crippen molar-refractivity contribution in [3.8, 4) is 0 Å². The van der Waals surface area contributed by atoms with Crippen LogP contribution in [0.1, 0.15) is 17.2 Å². The zero-order valence-electron chi connectivity index (χ0n) is 11.1. The molecule has 1 heterocycles. The molecule has 5 heteroatoms. The molecule has 2 N–H and O–H groups in total. The first kappa shape index (κ1) is 13.9. The first-order chi connectivity index (χ1) is 9.66. The highest BCUT2D eigenvalue weighted by Gasteiger charge is 2.16. The van der Waals surface area contributed by atoms with E-state index in [9.17, 15) is 4.79 Å². The number of aryl methyl sites for hydroxylation is 1. The van der Waals surface area contributed by atoms with Crippen LogP contribution in [0.4, 0.5) is 10.6 Å². The van der Waals surface area contributed by atoms with Crippen LogP contribution in [-0.2, 0) is 4.74 Å². The number of anilines is 1. The minimum absolute atomic E-state index is 0.328. The number of carboxylic acid groups (broad SMARTS) is 1. The van der Waals surface area contributed by atoms with E-state index in [0.29, 0.717) is 6.54 Å². The Morgan fingerprint density at radius 3 is 2.70 bits per heavy atom. The van der Waals surface area contributed by atoms with E-state index >= 15 is 0 Å². The molecular weight excluding hydrogens is 256 g/mol. The van der Waals surface area contributed by atoms with Gasteiger partial charge in [-0.1, -0.05) is 36.4 Å². The maximum absolute atomic E-state index is 10.8. The number of rotatable bonds is 5. The molecule has 0 amide bonds. The zero-order valence-corrected chi connectivity index (χ0v) is 11.1. The summed E-state index contributed by atoms with van der Waals surface area (Å²) in [7, 11) is 0. The summed E-state index contributed by atoms with van der Waals surface area (Å²) in [6, 6.07) is 13.0. The second-order valence-corrected chi connectivity index (χ2v) is 4.33. The van der Waals surface area contributed by atoms with Gasteiger partial charge in [0, 0.05) is 6.20 Å². The van der Waals surface area contributed by atoms with Crippen LogP contribution in [0.3, 0.4) is 0 Å². The van der Waals surface area contributed by atoms with Gasteiger partial charge in [-0.3, -0.25) is 0 Å². The lowest BCUT2D eigenvalue weighted by Crippen LogP contribution is -2.19. The molecule has 20 heavy (non-hydrogen) atoms. The molecule has 0 aliphatic carbocycles. The third-order valence-electron chi connectivity index (χ3n) is 2.88. The fourth-order valence-electron chi connectivity index (χ4n) is 1.88. The molecule has 0 aliphatic rings. The molecule has 1 unspecified atom stereocenters. The van der Waals surface area contributed by atoms with Crippen LogP contribution >= 0.6 is 0 Å². The van der Waals surface area contributed by atoms with Gasteiger partial charge in [-0.05, 0) is 24.1 Å². The van der Waals surface area contributed by atoms with Crippen molar-refractivity contribution < 1.29 is 14.6 Å². The molecule has 1 atom stereocenters. The molecule has 1 aromatic heterocycles. The number of carbonyl (C=O) groups is 1. The summed E-state index contributed by atoms with van der Waals surface area (Å²) in [5.41, 5.74) is 1.80.